The predicted molar refractivity (Wildman–Crippen MR) is 95.9 cm³/mol. The van der Waals surface area contributed by atoms with Crippen LogP contribution in [0.4, 0.5) is 0 Å². The van der Waals surface area contributed by atoms with Gasteiger partial charge in [0.25, 0.3) is 0 Å². The van der Waals surface area contributed by atoms with Crippen molar-refractivity contribution in [3.63, 3.8) is 0 Å². The largest absolute Gasteiger partial charge is 0.456 e. The van der Waals surface area contributed by atoms with E-state index in [0.717, 1.165) is 28.9 Å². The van der Waals surface area contributed by atoms with E-state index in [4.69, 9.17) is 4.74 Å². The highest BCUT2D eigenvalue weighted by molar-refractivity contribution is 9.10. The molecule has 0 saturated carbocycles. The van der Waals surface area contributed by atoms with Gasteiger partial charge in [-0.05, 0) is 58.1 Å². The molecule has 0 aliphatic carbocycles. The Morgan fingerprint density at radius 3 is 2.61 bits per heavy atom. The van der Waals surface area contributed by atoms with Crippen LogP contribution in [0.25, 0.3) is 0 Å². The summed E-state index contributed by atoms with van der Waals surface area (Å²) in [6.45, 7) is 3.23. The quantitative estimate of drug-likeness (QED) is 0.561. The Balaban J connectivity index is 1.61. The lowest BCUT2D eigenvalue weighted by Gasteiger charge is -2.13. The van der Waals surface area contributed by atoms with Crippen LogP contribution in [0.1, 0.15) is 24.8 Å². The smallest absolute Gasteiger partial charge is 0.141 e. The number of rotatable bonds is 6. The summed E-state index contributed by atoms with van der Waals surface area (Å²) >= 11 is 3.50. The number of hydrogen-bond donors (Lipinski definition) is 0. The molecule has 3 nitrogen and oxygen atoms in total. The van der Waals surface area contributed by atoms with Gasteiger partial charge in [-0.15, -0.1) is 0 Å². The molecular weight excluding hydrogens is 352 g/mol. The van der Waals surface area contributed by atoms with Crippen LogP contribution in [0.5, 0.6) is 11.5 Å². The summed E-state index contributed by atoms with van der Waals surface area (Å²) in [5.41, 5.74) is 1.32. The van der Waals surface area contributed by atoms with Crippen LogP contribution >= 0.6 is 15.9 Å². The van der Waals surface area contributed by atoms with Crippen LogP contribution in [0, 0.1) is 0 Å². The van der Waals surface area contributed by atoms with Crippen molar-refractivity contribution in [2.45, 2.75) is 25.8 Å². The second-order valence-corrected chi connectivity index (χ2v) is 6.45. The van der Waals surface area contributed by atoms with Gasteiger partial charge < -0.3 is 9.30 Å². The van der Waals surface area contributed by atoms with E-state index in [9.17, 15) is 0 Å². The maximum Gasteiger partial charge on any atom is 0.141 e. The van der Waals surface area contributed by atoms with Gasteiger partial charge in [-0.25, -0.2) is 4.98 Å². The second-order valence-electron chi connectivity index (χ2n) is 5.59. The molecule has 0 amide bonds. The molecule has 1 atom stereocenters. The van der Waals surface area contributed by atoms with Gasteiger partial charge in [-0.2, -0.15) is 0 Å². The molecule has 1 heterocycles. The molecule has 0 aliphatic rings. The molecule has 0 N–H and O–H groups in total. The van der Waals surface area contributed by atoms with Gasteiger partial charge in [-0.1, -0.05) is 31.2 Å². The summed E-state index contributed by atoms with van der Waals surface area (Å²) in [6, 6.07) is 16.2. The van der Waals surface area contributed by atoms with Crippen molar-refractivity contribution in [3.8, 4) is 11.5 Å². The molecule has 0 bridgehead atoms. The van der Waals surface area contributed by atoms with Crippen LogP contribution in [0.3, 0.4) is 0 Å². The number of aryl methyl sites for hydroxylation is 1. The molecule has 23 heavy (non-hydrogen) atoms. The SMILES string of the molecule is CC(CCn1ccnc1)c1ccc(Oc2ccccc2Br)cc1. The average Bonchev–Trinajstić information content (AvgIpc) is 3.09. The molecule has 2 aromatic carbocycles. The topological polar surface area (TPSA) is 27.1 Å². The Kier molecular flexibility index (Phi) is 5.13. The van der Waals surface area contributed by atoms with Crippen molar-refractivity contribution in [3.05, 3.63) is 77.3 Å². The Morgan fingerprint density at radius 2 is 1.91 bits per heavy atom. The van der Waals surface area contributed by atoms with Gasteiger partial charge in [0.1, 0.15) is 11.5 Å². The summed E-state index contributed by atoms with van der Waals surface area (Å²) in [5, 5.41) is 0. The normalized spacial score (nSPS) is 12.1. The molecule has 0 aliphatic heterocycles. The van der Waals surface area contributed by atoms with Crippen LogP contribution in [0.15, 0.2) is 71.7 Å². The fourth-order valence-electron chi connectivity index (χ4n) is 2.45. The van der Waals surface area contributed by atoms with E-state index in [1.165, 1.54) is 5.56 Å². The molecule has 3 rings (SSSR count). The number of imidazole rings is 1. The lowest BCUT2D eigenvalue weighted by Crippen LogP contribution is -2.01. The molecular formula is C19H19BrN2O. The number of nitrogens with zero attached hydrogens (tertiary/aromatic N) is 2. The van der Waals surface area contributed by atoms with E-state index in [1.54, 1.807) is 0 Å². The number of ether oxygens (including phenoxy) is 1. The molecule has 0 saturated heterocycles. The molecule has 3 aromatic rings. The standard InChI is InChI=1S/C19H19BrN2O/c1-15(10-12-22-13-11-21-14-22)16-6-8-17(9-7-16)23-19-5-3-2-4-18(19)20/h2-9,11,13-15H,10,12H2,1H3. The molecule has 118 valence electrons. The first-order valence-corrected chi connectivity index (χ1v) is 8.50. The van der Waals surface area contributed by atoms with E-state index in [-0.39, 0.29) is 0 Å². The van der Waals surface area contributed by atoms with Crippen molar-refractivity contribution in [1.29, 1.82) is 0 Å². The fourth-order valence-corrected chi connectivity index (χ4v) is 2.81. The maximum absolute atomic E-state index is 5.90. The molecule has 0 radical (unpaired) electrons. The van der Waals surface area contributed by atoms with Crippen LogP contribution in [-0.4, -0.2) is 9.55 Å². The molecule has 1 unspecified atom stereocenters. The molecule has 0 fully saturated rings. The fraction of sp³-hybridized carbons (Fsp3) is 0.211. The maximum atomic E-state index is 5.90. The first-order chi connectivity index (χ1) is 11.2. The van der Waals surface area contributed by atoms with Gasteiger partial charge >= 0.3 is 0 Å². The highest BCUT2D eigenvalue weighted by Gasteiger charge is 2.07. The van der Waals surface area contributed by atoms with Crippen molar-refractivity contribution in [2.24, 2.45) is 0 Å². The van der Waals surface area contributed by atoms with E-state index >= 15 is 0 Å². The van der Waals surface area contributed by atoms with Gasteiger partial charge in [0.2, 0.25) is 0 Å². The minimum atomic E-state index is 0.495. The lowest BCUT2D eigenvalue weighted by atomic mass is 9.98. The number of halogens is 1. The Hall–Kier alpha value is -2.07. The third-order valence-electron chi connectivity index (χ3n) is 3.89. The first kappa shape index (κ1) is 15.8. The number of hydrogen-bond acceptors (Lipinski definition) is 2. The van der Waals surface area contributed by atoms with Crippen molar-refractivity contribution in [1.82, 2.24) is 9.55 Å². The molecule has 4 heteroatoms. The highest BCUT2D eigenvalue weighted by atomic mass is 79.9. The monoisotopic (exact) mass is 370 g/mol. The van der Waals surface area contributed by atoms with Crippen molar-refractivity contribution < 1.29 is 4.74 Å². The van der Waals surface area contributed by atoms with Gasteiger partial charge in [0.05, 0.1) is 10.8 Å². The lowest BCUT2D eigenvalue weighted by molar-refractivity contribution is 0.479. The van der Waals surface area contributed by atoms with Crippen LogP contribution in [0.2, 0.25) is 0 Å². The first-order valence-electron chi connectivity index (χ1n) is 7.70. The highest BCUT2D eigenvalue weighted by Crippen LogP contribution is 2.30. The van der Waals surface area contributed by atoms with Gasteiger partial charge in [0, 0.05) is 18.9 Å². The van der Waals surface area contributed by atoms with E-state index in [2.05, 4.69) is 44.5 Å². The zero-order valence-electron chi connectivity index (χ0n) is 13.0. The summed E-state index contributed by atoms with van der Waals surface area (Å²) in [6.07, 6.45) is 6.77. The zero-order chi connectivity index (χ0) is 16.1. The second kappa shape index (κ2) is 7.47. The molecule has 0 spiro atoms. The van der Waals surface area contributed by atoms with E-state index < -0.39 is 0 Å². The molecule has 1 aromatic heterocycles. The van der Waals surface area contributed by atoms with E-state index in [0.29, 0.717) is 5.92 Å². The summed E-state index contributed by atoms with van der Waals surface area (Å²) in [4.78, 5) is 4.07. The van der Waals surface area contributed by atoms with Crippen molar-refractivity contribution >= 4 is 15.9 Å². The Morgan fingerprint density at radius 1 is 1.13 bits per heavy atom. The van der Waals surface area contributed by atoms with Crippen molar-refractivity contribution in [2.75, 3.05) is 0 Å². The van der Waals surface area contributed by atoms with Crippen LogP contribution in [-0.2, 0) is 6.54 Å². The third kappa shape index (κ3) is 4.23. The van der Waals surface area contributed by atoms with Gasteiger partial charge in [-0.3, -0.25) is 0 Å². The van der Waals surface area contributed by atoms with E-state index in [1.807, 2.05) is 55.1 Å². The predicted octanol–water partition coefficient (Wildman–Crippen LogP) is 5.63. The number of para-hydroxylation sites is 1. The Labute approximate surface area is 145 Å². The average molecular weight is 371 g/mol. The van der Waals surface area contributed by atoms with Crippen LogP contribution < -0.4 is 4.74 Å². The summed E-state index contributed by atoms with van der Waals surface area (Å²) in [5.74, 6) is 2.17. The van der Waals surface area contributed by atoms with Gasteiger partial charge in [0.15, 0.2) is 0 Å². The summed E-state index contributed by atoms with van der Waals surface area (Å²) in [7, 11) is 0. The minimum absolute atomic E-state index is 0.495. The minimum Gasteiger partial charge on any atom is -0.456 e. The number of aromatic nitrogens is 2. The summed E-state index contributed by atoms with van der Waals surface area (Å²) < 4.78 is 8.97. The Bertz CT molecular complexity index is 738. The third-order valence-corrected chi connectivity index (χ3v) is 4.55. The number of benzene rings is 2. The zero-order valence-corrected chi connectivity index (χ0v) is 14.6.